The van der Waals surface area contributed by atoms with Gasteiger partial charge in [-0.2, -0.15) is 13.2 Å². The molecule has 0 spiro atoms. The molecule has 3 N–H and O–H groups in total. The van der Waals surface area contributed by atoms with Crippen LogP contribution in [0.4, 0.5) is 33.6 Å². The molecule has 0 radical (unpaired) electrons. The van der Waals surface area contributed by atoms with Crippen molar-refractivity contribution in [2.45, 2.75) is 50.9 Å². The van der Waals surface area contributed by atoms with Gasteiger partial charge in [-0.1, -0.05) is 29.3 Å². The van der Waals surface area contributed by atoms with Crippen molar-refractivity contribution in [1.82, 2.24) is 9.55 Å². The fourth-order valence-electron chi connectivity index (χ4n) is 4.93. The Morgan fingerprint density at radius 1 is 1.23 bits per heavy atom. The number of aromatic carboxylic acids is 1. The van der Waals surface area contributed by atoms with Crippen LogP contribution in [0.1, 0.15) is 41.6 Å². The maximum Gasteiger partial charge on any atom is 0.391 e. The first kappa shape index (κ1) is 29.2. The van der Waals surface area contributed by atoms with Crippen LogP contribution in [0, 0.1) is 5.92 Å². The third kappa shape index (κ3) is 5.87. The molecule has 1 saturated carbocycles. The van der Waals surface area contributed by atoms with E-state index in [-0.39, 0.29) is 65.1 Å². The van der Waals surface area contributed by atoms with Crippen molar-refractivity contribution in [1.29, 1.82) is 0 Å². The summed E-state index contributed by atoms with van der Waals surface area (Å²) in [5, 5.41) is 10.1. The molecule has 212 valence electrons. The normalized spacial score (nSPS) is 18.1. The number of carbonyl (C=O) groups is 1. The van der Waals surface area contributed by atoms with E-state index in [1.165, 1.54) is 12.1 Å². The van der Waals surface area contributed by atoms with Crippen molar-refractivity contribution in [3.63, 3.8) is 0 Å². The van der Waals surface area contributed by atoms with Crippen LogP contribution in [0.15, 0.2) is 24.3 Å². The zero-order chi connectivity index (χ0) is 28.6. The number of hydrogen-bond acceptors (Lipinski definition) is 5. The minimum atomic E-state index is -4.32. The third-order valence-electron chi connectivity index (χ3n) is 6.90. The summed E-state index contributed by atoms with van der Waals surface area (Å²) in [4.78, 5) is 18.1. The summed E-state index contributed by atoms with van der Waals surface area (Å²) in [6.45, 7) is -0.935. The third-order valence-corrected chi connectivity index (χ3v) is 7.63. The minimum absolute atomic E-state index is 0.0764. The second kappa shape index (κ2) is 11.3. The number of carboxylic acids is 1. The smallest absolute Gasteiger partial charge is 0.391 e. The fourth-order valence-corrected chi connectivity index (χ4v) is 5.56. The lowest BCUT2D eigenvalue weighted by molar-refractivity contribution is -0.182. The second-order valence-electron chi connectivity index (χ2n) is 9.31. The molecule has 0 saturated heterocycles. The number of aromatic nitrogens is 2. The fraction of sp³-hybridized carbons (Fsp3) is 0.440. The summed E-state index contributed by atoms with van der Waals surface area (Å²) >= 11 is 13.3. The summed E-state index contributed by atoms with van der Waals surface area (Å²) in [6.07, 6.45) is -7.08. The SMILES string of the molecule is Cn1c(N(c2c(Cl)ccc(CN)c2Cl)C2CCC(C(F)(F)F)CC2)nc2cc(C(=O)O)c(OCC(F)F)cc21. The number of anilines is 2. The van der Waals surface area contributed by atoms with Crippen molar-refractivity contribution in [3.05, 3.63) is 45.4 Å². The Morgan fingerprint density at radius 2 is 1.90 bits per heavy atom. The molecule has 7 nitrogen and oxygen atoms in total. The zero-order valence-corrected chi connectivity index (χ0v) is 22.1. The van der Waals surface area contributed by atoms with E-state index in [0.717, 1.165) is 0 Å². The van der Waals surface area contributed by atoms with Gasteiger partial charge in [-0.05, 0) is 43.4 Å². The average Bonchev–Trinajstić information content (AvgIpc) is 3.19. The van der Waals surface area contributed by atoms with Crippen LogP contribution in [0.5, 0.6) is 5.75 Å². The number of ether oxygens (including phenoxy) is 1. The predicted octanol–water partition coefficient (Wildman–Crippen LogP) is 6.94. The van der Waals surface area contributed by atoms with Crippen LogP contribution >= 0.6 is 23.2 Å². The second-order valence-corrected chi connectivity index (χ2v) is 10.1. The molecule has 1 fully saturated rings. The Bertz CT molecular complexity index is 1370. The molecule has 1 heterocycles. The number of carboxylic acid groups (broad SMARTS) is 1. The molecule has 0 aliphatic heterocycles. The summed E-state index contributed by atoms with van der Waals surface area (Å²) < 4.78 is 72.4. The van der Waals surface area contributed by atoms with E-state index >= 15 is 0 Å². The largest absolute Gasteiger partial charge is 0.487 e. The Hall–Kier alpha value is -2.83. The first-order valence-corrected chi connectivity index (χ1v) is 12.8. The molecular formula is C25H25Cl2F5N4O3. The minimum Gasteiger partial charge on any atom is -0.487 e. The van der Waals surface area contributed by atoms with Crippen LogP contribution < -0.4 is 15.4 Å². The topological polar surface area (TPSA) is 93.6 Å². The van der Waals surface area contributed by atoms with E-state index in [1.54, 1.807) is 28.6 Å². The number of aryl methyl sites for hydroxylation is 1. The summed E-state index contributed by atoms with van der Waals surface area (Å²) in [6, 6.07) is 5.22. The number of alkyl halides is 5. The molecule has 1 aromatic heterocycles. The molecule has 39 heavy (non-hydrogen) atoms. The monoisotopic (exact) mass is 594 g/mol. The average molecular weight is 595 g/mol. The lowest BCUT2D eigenvalue weighted by atomic mass is 9.84. The molecule has 1 aliphatic carbocycles. The molecule has 0 unspecified atom stereocenters. The van der Waals surface area contributed by atoms with Gasteiger partial charge >= 0.3 is 12.1 Å². The Balaban J connectivity index is 1.88. The van der Waals surface area contributed by atoms with Crippen molar-refractivity contribution < 1.29 is 36.6 Å². The number of nitrogens with zero attached hydrogens (tertiary/aromatic N) is 3. The number of rotatable bonds is 8. The lowest BCUT2D eigenvalue weighted by Gasteiger charge is -2.38. The summed E-state index contributed by atoms with van der Waals surface area (Å²) in [7, 11) is 1.60. The van der Waals surface area contributed by atoms with Gasteiger partial charge in [0.15, 0.2) is 0 Å². The number of imidazole rings is 1. The first-order valence-electron chi connectivity index (χ1n) is 12.0. The summed E-state index contributed by atoms with van der Waals surface area (Å²) in [5.74, 6) is -2.90. The Kier molecular flexibility index (Phi) is 8.48. The number of halogens is 7. The van der Waals surface area contributed by atoms with Gasteiger partial charge < -0.3 is 25.0 Å². The predicted molar refractivity (Wildman–Crippen MR) is 137 cm³/mol. The van der Waals surface area contributed by atoms with Crippen LogP contribution in [0.3, 0.4) is 0 Å². The van der Waals surface area contributed by atoms with Gasteiger partial charge in [-0.25, -0.2) is 18.6 Å². The highest BCUT2D eigenvalue weighted by Crippen LogP contribution is 2.46. The molecule has 0 bridgehead atoms. The maximum atomic E-state index is 13.4. The van der Waals surface area contributed by atoms with Gasteiger partial charge in [0.1, 0.15) is 17.9 Å². The Labute approximate surface area is 230 Å². The molecular weight excluding hydrogens is 570 g/mol. The van der Waals surface area contributed by atoms with Crippen LogP contribution in [-0.2, 0) is 13.6 Å². The van der Waals surface area contributed by atoms with Crippen molar-refractivity contribution in [2.24, 2.45) is 18.7 Å². The van der Waals surface area contributed by atoms with E-state index in [9.17, 15) is 31.9 Å². The molecule has 2 aromatic carbocycles. The lowest BCUT2D eigenvalue weighted by Crippen LogP contribution is -2.39. The highest BCUT2D eigenvalue weighted by molar-refractivity contribution is 6.39. The molecule has 1 aliphatic rings. The van der Waals surface area contributed by atoms with Crippen molar-refractivity contribution >= 4 is 51.8 Å². The van der Waals surface area contributed by atoms with Crippen molar-refractivity contribution in [3.8, 4) is 5.75 Å². The quantitative estimate of drug-likeness (QED) is 0.274. The van der Waals surface area contributed by atoms with Crippen LogP contribution in [-0.4, -0.2) is 45.9 Å². The van der Waals surface area contributed by atoms with Crippen molar-refractivity contribution in [2.75, 3.05) is 11.5 Å². The van der Waals surface area contributed by atoms with E-state index in [0.29, 0.717) is 16.8 Å². The highest BCUT2D eigenvalue weighted by atomic mass is 35.5. The molecule has 3 aromatic rings. The maximum absolute atomic E-state index is 13.4. The van der Waals surface area contributed by atoms with Gasteiger partial charge in [0.2, 0.25) is 5.95 Å². The van der Waals surface area contributed by atoms with E-state index in [2.05, 4.69) is 4.98 Å². The number of fused-ring (bicyclic) bond motifs is 1. The molecule has 4 rings (SSSR count). The molecule has 0 atom stereocenters. The van der Waals surface area contributed by atoms with Crippen LogP contribution in [0.25, 0.3) is 11.0 Å². The van der Waals surface area contributed by atoms with Gasteiger partial charge in [-0.3, -0.25) is 0 Å². The zero-order valence-electron chi connectivity index (χ0n) is 20.6. The number of nitrogens with two attached hydrogens (primary N) is 1. The Morgan fingerprint density at radius 3 is 2.46 bits per heavy atom. The first-order chi connectivity index (χ1) is 18.3. The molecule has 14 heteroatoms. The van der Waals surface area contributed by atoms with Gasteiger partial charge in [0, 0.05) is 25.7 Å². The highest BCUT2D eigenvalue weighted by Gasteiger charge is 2.43. The van der Waals surface area contributed by atoms with Gasteiger partial charge in [-0.15, -0.1) is 0 Å². The summed E-state index contributed by atoms with van der Waals surface area (Å²) in [5.41, 5.74) is 6.88. The van der Waals surface area contributed by atoms with E-state index in [1.807, 2.05) is 0 Å². The number of hydrogen-bond donors (Lipinski definition) is 2. The van der Waals surface area contributed by atoms with Gasteiger partial charge in [0.05, 0.1) is 32.7 Å². The standard InChI is InChI=1S/C25H25Cl2F5N4O3/c1-35-18-9-19(39-11-20(28)29)15(23(37)38)8-17(18)34-24(35)36(14-5-3-13(4-6-14)25(30,31)32)22-16(26)7-2-12(10-33)21(22)27/h2,7-9,13-14,20H,3-6,10-11,33H2,1H3,(H,37,38). The van der Waals surface area contributed by atoms with E-state index < -0.39 is 37.1 Å². The van der Waals surface area contributed by atoms with Crippen LogP contribution in [0.2, 0.25) is 10.0 Å². The molecule has 0 amide bonds. The number of benzene rings is 2. The van der Waals surface area contributed by atoms with Gasteiger partial charge in [0.25, 0.3) is 6.43 Å². The van der Waals surface area contributed by atoms with E-state index in [4.69, 9.17) is 33.7 Å².